The molecule has 2 N–H and O–H groups in total. The summed E-state index contributed by atoms with van der Waals surface area (Å²) >= 11 is 5.92. The molecule has 166 valence electrons. The highest BCUT2D eigenvalue weighted by molar-refractivity contribution is 6.30. The maximum Gasteiger partial charge on any atom is 0.416 e. The van der Waals surface area contributed by atoms with Crippen LogP contribution in [0.4, 0.5) is 13.2 Å². The molecule has 3 rings (SSSR count). The minimum atomic E-state index is -4.53. The quantitative estimate of drug-likeness (QED) is 0.669. The average molecular weight is 454 g/mol. The van der Waals surface area contributed by atoms with Gasteiger partial charge in [0.1, 0.15) is 0 Å². The Morgan fingerprint density at radius 2 is 1.84 bits per heavy atom. The van der Waals surface area contributed by atoms with Crippen molar-refractivity contribution in [2.24, 2.45) is 0 Å². The number of alkyl halides is 3. The van der Waals surface area contributed by atoms with Crippen LogP contribution < -0.4 is 10.6 Å². The van der Waals surface area contributed by atoms with E-state index in [-0.39, 0.29) is 18.2 Å². The van der Waals surface area contributed by atoms with Crippen LogP contribution in [0.2, 0.25) is 5.02 Å². The molecule has 0 spiro atoms. The van der Waals surface area contributed by atoms with Gasteiger partial charge in [-0.1, -0.05) is 29.8 Å². The molecule has 1 saturated heterocycles. The Balaban J connectivity index is 1.45. The molecule has 2 aromatic carbocycles. The summed E-state index contributed by atoms with van der Waals surface area (Å²) in [5.41, 5.74) is 0.0788. The molecule has 0 unspecified atom stereocenters. The zero-order valence-corrected chi connectivity index (χ0v) is 17.5. The van der Waals surface area contributed by atoms with Gasteiger partial charge in [0.05, 0.1) is 12.1 Å². The number of carbonyl (C=O) groups excluding carboxylic acids is 2. The van der Waals surface area contributed by atoms with E-state index in [1.807, 2.05) is 24.3 Å². The highest BCUT2D eigenvalue weighted by atomic mass is 35.5. The Bertz CT molecular complexity index is 919. The SMILES string of the molecule is O=C(CNC(=O)c1cccc(C(F)(F)F)c1)NC[C@@H]1CCCN1Cc1ccc(Cl)cc1. The molecule has 1 fully saturated rings. The standard InChI is InChI=1S/C22H23ClF3N3O2/c23-18-8-6-15(7-9-18)14-29-10-2-5-19(29)12-27-20(30)13-28-21(31)16-3-1-4-17(11-16)22(24,25)26/h1,3-4,6-9,11,19H,2,5,10,12-14H2,(H,27,30)(H,28,31)/t19-/m0/s1. The third-order valence-corrected chi connectivity index (χ3v) is 5.45. The fraction of sp³-hybridized carbons (Fsp3) is 0.364. The number of benzene rings is 2. The molecule has 5 nitrogen and oxygen atoms in total. The third kappa shape index (κ3) is 6.70. The Morgan fingerprint density at radius 1 is 1.10 bits per heavy atom. The number of hydrogen-bond donors (Lipinski definition) is 2. The summed E-state index contributed by atoms with van der Waals surface area (Å²) in [5, 5.41) is 5.84. The fourth-order valence-corrected chi connectivity index (χ4v) is 3.68. The number of rotatable bonds is 7. The molecule has 0 aromatic heterocycles. The van der Waals surface area contributed by atoms with E-state index in [4.69, 9.17) is 11.6 Å². The van der Waals surface area contributed by atoms with Gasteiger partial charge in [0.25, 0.3) is 5.91 Å². The Labute approximate surface area is 183 Å². The van der Waals surface area contributed by atoms with Crippen molar-refractivity contribution < 1.29 is 22.8 Å². The lowest BCUT2D eigenvalue weighted by atomic mass is 10.1. The van der Waals surface area contributed by atoms with E-state index < -0.39 is 23.6 Å². The Hall–Kier alpha value is -2.58. The molecule has 0 saturated carbocycles. The van der Waals surface area contributed by atoms with Gasteiger partial charge >= 0.3 is 6.18 Å². The second-order valence-corrected chi connectivity index (χ2v) is 7.89. The Kier molecular flexibility index (Phi) is 7.56. The molecule has 2 amide bonds. The summed E-state index contributed by atoms with van der Waals surface area (Å²) in [6, 6.07) is 11.9. The van der Waals surface area contributed by atoms with Crippen LogP contribution in [-0.4, -0.2) is 42.4 Å². The van der Waals surface area contributed by atoms with Gasteiger partial charge < -0.3 is 10.6 Å². The normalized spacial score (nSPS) is 16.8. The molecule has 0 radical (unpaired) electrons. The number of halogens is 4. The average Bonchev–Trinajstić information content (AvgIpc) is 3.18. The second-order valence-electron chi connectivity index (χ2n) is 7.46. The first-order chi connectivity index (χ1) is 14.7. The lowest BCUT2D eigenvalue weighted by Gasteiger charge is -2.25. The van der Waals surface area contributed by atoms with E-state index in [1.165, 1.54) is 6.07 Å². The van der Waals surface area contributed by atoms with Crippen LogP contribution in [0.5, 0.6) is 0 Å². The van der Waals surface area contributed by atoms with Gasteiger partial charge in [-0.2, -0.15) is 13.2 Å². The van der Waals surface area contributed by atoms with Crippen molar-refractivity contribution in [3.63, 3.8) is 0 Å². The van der Waals surface area contributed by atoms with E-state index in [0.717, 1.165) is 49.7 Å². The van der Waals surface area contributed by atoms with Crippen LogP contribution in [0, 0.1) is 0 Å². The van der Waals surface area contributed by atoms with Crippen molar-refractivity contribution in [3.05, 3.63) is 70.2 Å². The van der Waals surface area contributed by atoms with Crippen molar-refractivity contribution >= 4 is 23.4 Å². The molecule has 1 atom stereocenters. The van der Waals surface area contributed by atoms with Crippen molar-refractivity contribution in [1.29, 1.82) is 0 Å². The number of nitrogens with zero attached hydrogens (tertiary/aromatic N) is 1. The molecule has 0 aliphatic carbocycles. The molecule has 31 heavy (non-hydrogen) atoms. The van der Waals surface area contributed by atoms with Crippen molar-refractivity contribution in [3.8, 4) is 0 Å². The predicted molar refractivity (Wildman–Crippen MR) is 112 cm³/mol. The smallest absolute Gasteiger partial charge is 0.353 e. The summed E-state index contributed by atoms with van der Waals surface area (Å²) in [6.07, 6.45) is -2.56. The first-order valence-electron chi connectivity index (χ1n) is 9.93. The van der Waals surface area contributed by atoms with Gasteiger partial charge in [0.2, 0.25) is 5.91 Å². The molecular formula is C22H23ClF3N3O2. The summed E-state index contributed by atoms with van der Waals surface area (Å²) in [4.78, 5) is 26.5. The largest absolute Gasteiger partial charge is 0.416 e. The first-order valence-corrected chi connectivity index (χ1v) is 10.3. The summed E-state index contributed by atoms with van der Waals surface area (Å²) in [6.45, 7) is 1.81. The van der Waals surface area contributed by atoms with Gasteiger partial charge in [-0.25, -0.2) is 0 Å². The number of likely N-dealkylation sites (tertiary alicyclic amines) is 1. The monoisotopic (exact) mass is 453 g/mol. The number of hydrogen-bond acceptors (Lipinski definition) is 3. The highest BCUT2D eigenvalue weighted by Crippen LogP contribution is 2.29. The van der Waals surface area contributed by atoms with Crippen LogP contribution in [0.25, 0.3) is 0 Å². The van der Waals surface area contributed by atoms with E-state index in [0.29, 0.717) is 11.6 Å². The maximum atomic E-state index is 12.8. The first kappa shape index (κ1) is 23.1. The van der Waals surface area contributed by atoms with Gasteiger partial charge in [-0.15, -0.1) is 0 Å². The van der Waals surface area contributed by atoms with Gasteiger partial charge in [0, 0.05) is 29.7 Å². The minimum absolute atomic E-state index is 0.146. The van der Waals surface area contributed by atoms with Crippen molar-refractivity contribution in [2.75, 3.05) is 19.6 Å². The minimum Gasteiger partial charge on any atom is -0.353 e. The maximum absolute atomic E-state index is 12.8. The summed E-state index contributed by atoms with van der Waals surface area (Å²) < 4.78 is 38.3. The third-order valence-electron chi connectivity index (χ3n) is 5.19. The molecule has 9 heteroatoms. The van der Waals surface area contributed by atoms with E-state index >= 15 is 0 Å². The summed E-state index contributed by atoms with van der Waals surface area (Å²) in [7, 11) is 0. The zero-order valence-electron chi connectivity index (χ0n) is 16.7. The lowest BCUT2D eigenvalue weighted by Crippen LogP contribution is -2.43. The number of amides is 2. The number of nitrogens with one attached hydrogen (secondary N) is 2. The molecule has 2 aromatic rings. The molecule has 1 aliphatic heterocycles. The lowest BCUT2D eigenvalue weighted by molar-refractivity contribution is -0.137. The molecule has 1 heterocycles. The predicted octanol–water partition coefficient (Wildman–Crippen LogP) is 3.87. The van der Waals surface area contributed by atoms with Crippen LogP contribution in [0.3, 0.4) is 0 Å². The van der Waals surface area contributed by atoms with Crippen LogP contribution in [0.1, 0.15) is 34.3 Å². The number of carbonyl (C=O) groups is 2. The topological polar surface area (TPSA) is 61.4 Å². The zero-order chi connectivity index (χ0) is 22.4. The second kappa shape index (κ2) is 10.2. The van der Waals surface area contributed by atoms with Crippen LogP contribution in [0.15, 0.2) is 48.5 Å². The van der Waals surface area contributed by atoms with Crippen molar-refractivity contribution in [1.82, 2.24) is 15.5 Å². The van der Waals surface area contributed by atoms with Crippen molar-refractivity contribution in [2.45, 2.75) is 31.6 Å². The fourth-order valence-electron chi connectivity index (χ4n) is 3.55. The molecule has 0 bridgehead atoms. The van der Waals surface area contributed by atoms with E-state index in [2.05, 4.69) is 15.5 Å². The van der Waals surface area contributed by atoms with E-state index in [1.54, 1.807) is 0 Å². The summed E-state index contributed by atoms with van der Waals surface area (Å²) in [5.74, 6) is -1.12. The highest BCUT2D eigenvalue weighted by Gasteiger charge is 2.31. The molecule has 1 aliphatic rings. The van der Waals surface area contributed by atoms with Crippen LogP contribution >= 0.6 is 11.6 Å². The van der Waals surface area contributed by atoms with Crippen LogP contribution in [-0.2, 0) is 17.5 Å². The van der Waals surface area contributed by atoms with E-state index in [9.17, 15) is 22.8 Å². The Morgan fingerprint density at radius 3 is 2.55 bits per heavy atom. The van der Waals surface area contributed by atoms with Gasteiger partial charge in [-0.05, 0) is 55.3 Å². The van der Waals surface area contributed by atoms with Gasteiger partial charge in [-0.3, -0.25) is 14.5 Å². The van der Waals surface area contributed by atoms with Gasteiger partial charge in [0.15, 0.2) is 0 Å². The molecular weight excluding hydrogens is 431 g/mol.